The van der Waals surface area contributed by atoms with Crippen LogP contribution >= 0.6 is 23.2 Å². The van der Waals surface area contributed by atoms with Crippen molar-refractivity contribution in [2.75, 3.05) is 6.54 Å². The molecule has 138 valence electrons. The summed E-state index contributed by atoms with van der Waals surface area (Å²) in [5.41, 5.74) is 2.04. The lowest BCUT2D eigenvalue weighted by molar-refractivity contribution is 0.0744. The van der Waals surface area contributed by atoms with Gasteiger partial charge in [-0.25, -0.2) is 9.37 Å². The first-order valence-corrected chi connectivity index (χ1v) is 9.03. The number of aromatic nitrogens is 2. The van der Waals surface area contributed by atoms with Gasteiger partial charge in [-0.2, -0.15) is 0 Å². The standard InChI is InChI=1S/C20H16Cl2FN3O/c21-18-11-15(12-19(22)25-18)20(27)26(10-8-17-3-1-2-9-24-17)13-14-4-6-16(23)7-5-14/h1-7,9,11-12H,8,10,13H2. The molecule has 7 heteroatoms. The lowest BCUT2D eigenvalue weighted by Crippen LogP contribution is -2.32. The number of rotatable bonds is 6. The highest BCUT2D eigenvalue weighted by Gasteiger charge is 2.18. The molecule has 1 amide bonds. The summed E-state index contributed by atoms with van der Waals surface area (Å²) in [5, 5.41) is 0.301. The smallest absolute Gasteiger partial charge is 0.254 e. The number of hydrogen-bond acceptors (Lipinski definition) is 3. The fourth-order valence-corrected chi connectivity index (χ4v) is 3.09. The maximum atomic E-state index is 13.2. The van der Waals surface area contributed by atoms with Gasteiger partial charge in [0.15, 0.2) is 0 Å². The average molecular weight is 404 g/mol. The van der Waals surface area contributed by atoms with E-state index in [9.17, 15) is 9.18 Å². The quantitative estimate of drug-likeness (QED) is 0.554. The van der Waals surface area contributed by atoms with Crippen LogP contribution in [-0.4, -0.2) is 27.3 Å². The summed E-state index contributed by atoms with van der Waals surface area (Å²) in [6.07, 6.45) is 2.30. The first-order valence-electron chi connectivity index (χ1n) is 8.28. The lowest BCUT2D eigenvalue weighted by Gasteiger charge is -2.23. The van der Waals surface area contributed by atoms with E-state index < -0.39 is 0 Å². The van der Waals surface area contributed by atoms with Crippen LogP contribution in [0.3, 0.4) is 0 Å². The Bertz CT molecular complexity index is 900. The second-order valence-corrected chi connectivity index (χ2v) is 6.70. The van der Waals surface area contributed by atoms with Crippen molar-refractivity contribution in [2.24, 2.45) is 0 Å². The van der Waals surface area contributed by atoms with Crippen molar-refractivity contribution in [3.05, 3.63) is 93.7 Å². The number of halogens is 3. The molecule has 3 aromatic rings. The average Bonchev–Trinajstić information content (AvgIpc) is 2.66. The van der Waals surface area contributed by atoms with Crippen molar-refractivity contribution in [3.63, 3.8) is 0 Å². The molecular formula is C20H16Cl2FN3O. The van der Waals surface area contributed by atoms with E-state index in [1.54, 1.807) is 23.2 Å². The highest BCUT2D eigenvalue weighted by atomic mass is 35.5. The molecule has 27 heavy (non-hydrogen) atoms. The summed E-state index contributed by atoms with van der Waals surface area (Å²) in [5.74, 6) is -0.556. The third kappa shape index (κ3) is 5.49. The van der Waals surface area contributed by atoms with Gasteiger partial charge in [-0.3, -0.25) is 9.78 Å². The zero-order valence-electron chi connectivity index (χ0n) is 14.3. The van der Waals surface area contributed by atoms with E-state index in [2.05, 4.69) is 9.97 Å². The lowest BCUT2D eigenvalue weighted by atomic mass is 10.1. The van der Waals surface area contributed by atoms with Crippen LogP contribution in [0.25, 0.3) is 0 Å². The Morgan fingerprint density at radius 2 is 1.74 bits per heavy atom. The zero-order valence-corrected chi connectivity index (χ0v) is 15.8. The molecule has 0 unspecified atom stereocenters. The summed E-state index contributed by atoms with van der Waals surface area (Å²) >= 11 is 11.9. The number of benzene rings is 1. The predicted molar refractivity (Wildman–Crippen MR) is 103 cm³/mol. The molecule has 0 N–H and O–H groups in total. The van der Waals surface area contributed by atoms with E-state index in [4.69, 9.17) is 23.2 Å². The number of carbonyl (C=O) groups excluding carboxylic acids is 1. The van der Waals surface area contributed by atoms with Gasteiger partial charge in [-0.15, -0.1) is 0 Å². The van der Waals surface area contributed by atoms with Gasteiger partial charge < -0.3 is 4.90 Å². The van der Waals surface area contributed by atoms with E-state index in [1.807, 2.05) is 18.2 Å². The molecular weight excluding hydrogens is 388 g/mol. The summed E-state index contributed by atoms with van der Waals surface area (Å²) in [4.78, 5) is 22.8. The summed E-state index contributed by atoms with van der Waals surface area (Å²) in [6, 6.07) is 14.7. The Kier molecular flexibility index (Phi) is 6.37. The van der Waals surface area contributed by atoms with Crippen molar-refractivity contribution in [3.8, 4) is 0 Å². The molecule has 0 saturated heterocycles. The normalized spacial score (nSPS) is 10.6. The highest BCUT2D eigenvalue weighted by Crippen LogP contribution is 2.18. The number of nitrogens with zero attached hydrogens (tertiary/aromatic N) is 3. The first kappa shape index (κ1) is 19.3. The molecule has 0 fully saturated rings. The van der Waals surface area contributed by atoms with Crippen LogP contribution in [-0.2, 0) is 13.0 Å². The second-order valence-electron chi connectivity index (χ2n) is 5.93. The van der Waals surface area contributed by atoms with E-state index in [1.165, 1.54) is 24.3 Å². The first-order chi connectivity index (χ1) is 13.0. The minimum Gasteiger partial charge on any atom is -0.334 e. The molecule has 0 radical (unpaired) electrons. The van der Waals surface area contributed by atoms with E-state index in [0.717, 1.165) is 11.3 Å². The summed E-state index contributed by atoms with van der Waals surface area (Å²) in [6.45, 7) is 0.758. The van der Waals surface area contributed by atoms with Gasteiger partial charge in [0.1, 0.15) is 16.1 Å². The van der Waals surface area contributed by atoms with Gasteiger partial charge in [0.05, 0.1) is 0 Å². The van der Waals surface area contributed by atoms with Crippen molar-refractivity contribution in [1.82, 2.24) is 14.9 Å². The number of amides is 1. The van der Waals surface area contributed by atoms with Gasteiger partial charge in [0.2, 0.25) is 0 Å². The Hall–Kier alpha value is -2.50. The molecule has 3 rings (SSSR count). The molecule has 0 aliphatic heterocycles. The van der Waals surface area contributed by atoms with Gasteiger partial charge >= 0.3 is 0 Å². The van der Waals surface area contributed by atoms with Crippen molar-refractivity contribution in [2.45, 2.75) is 13.0 Å². The molecule has 0 aliphatic carbocycles. The number of carbonyl (C=O) groups is 1. The molecule has 0 spiro atoms. The third-order valence-electron chi connectivity index (χ3n) is 3.95. The topological polar surface area (TPSA) is 46.1 Å². The maximum absolute atomic E-state index is 13.2. The van der Waals surface area contributed by atoms with Gasteiger partial charge in [-0.1, -0.05) is 41.4 Å². The second kappa shape index (κ2) is 8.93. The van der Waals surface area contributed by atoms with Crippen molar-refractivity contribution < 1.29 is 9.18 Å². The Balaban J connectivity index is 1.83. The largest absolute Gasteiger partial charge is 0.334 e. The Morgan fingerprint density at radius 1 is 1.04 bits per heavy atom. The van der Waals surface area contributed by atoms with Crippen LogP contribution < -0.4 is 0 Å². The fraction of sp³-hybridized carbons (Fsp3) is 0.150. The van der Waals surface area contributed by atoms with E-state index in [0.29, 0.717) is 25.1 Å². The van der Waals surface area contributed by atoms with E-state index in [-0.39, 0.29) is 22.0 Å². The molecule has 2 aromatic heterocycles. The molecule has 1 aromatic carbocycles. The van der Waals surface area contributed by atoms with Gasteiger partial charge in [0.25, 0.3) is 5.91 Å². The molecule has 2 heterocycles. The molecule has 4 nitrogen and oxygen atoms in total. The third-order valence-corrected chi connectivity index (χ3v) is 4.33. The zero-order chi connectivity index (χ0) is 19.2. The summed E-state index contributed by atoms with van der Waals surface area (Å²) < 4.78 is 13.2. The van der Waals surface area contributed by atoms with Crippen LogP contribution in [0.15, 0.2) is 60.8 Å². The monoisotopic (exact) mass is 403 g/mol. The number of hydrogen-bond donors (Lipinski definition) is 0. The maximum Gasteiger partial charge on any atom is 0.254 e. The van der Waals surface area contributed by atoms with Gasteiger partial charge in [-0.05, 0) is 42.0 Å². The van der Waals surface area contributed by atoms with Crippen molar-refractivity contribution >= 4 is 29.1 Å². The van der Waals surface area contributed by atoms with Crippen LogP contribution in [0.4, 0.5) is 4.39 Å². The van der Waals surface area contributed by atoms with Crippen LogP contribution in [0.1, 0.15) is 21.6 Å². The molecule has 0 atom stereocenters. The van der Waals surface area contributed by atoms with Crippen LogP contribution in [0.2, 0.25) is 10.3 Å². The Morgan fingerprint density at radius 3 is 2.37 bits per heavy atom. The molecule has 0 saturated carbocycles. The van der Waals surface area contributed by atoms with Crippen LogP contribution in [0.5, 0.6) is 0 Å². The highest BCUT2D eigenvalue weighted by molar-refractivity contribution is 6.33. The number of pyridine rings is 2. The van der Waals surface area contributed by atoms with Gasteiger partial charge in [0, 0.05) is 37.0 Å². The van der Waals surface area contributed by atoms with Crippen molar-refractivity contribution in [1.29, 1.82) is 0 Å². The minimum atomic E-state index is -0.321. The minimum absolute atomic E-state index is 0.150. The Labute approximate surface area is 166 Å². The van der Waals surface area contributed by atoms with E-state index >= 15 is 0 Å². The van der Waals surface area contributed by atoms with Crippen LogP contribution in [0, 0.1) is 5.82 Å². The summed E-state index contributed by atoms with van der Waals surface area (Å²) in [7, 11) is 0. The fourth-order valence-electron chi connectivity index (χ4n) is 2.63. The molecule has 0 aliphatic rings. The molecule has 0 bridgehead atoms. The predicted octanol–water partition coefficient (Wildman–Crippen LogP) is 4.81. The SMILES string of the molecule is O=C(c1cc(Cl)nc(Cl)c1)N(CCc1ccccn1)Cc1ccc(F)cc1.